The van der Waals surface area contributed by atoms with Crippen LogP contribution in [0.15, 0.2) is 24.3 Å². The van der Waals surface area contributed by atoms with Gasteiger partial charge >= 0.3 is 0 Å². The summed E-state index contributed by atoms with van der Waals surface area (Å²) < 4.78 is 0. The number of anilines is 2. The van der Waals surface area contributed by atoms with Gasteiger partial charge in [-0.05, 0) is 43.5 Å². The molecule has 1 heterocycles. The van der Waals surface area contributed by atoms with E-state index in [-0.39, 0.29) is 5.91 Å². The van der Waals surface area contributed by atoms with E-state index in [0.717, 1.165) is 50.0 Å². The molecule has 0 aromatic heterocycles. The summed E-state index contributed by atoms with van der Waals surface area (Å²) in [4.78, 5) is 13.7. The van der Waals surface area contributed by atoms with Crippen molar-refractivity contribution in [3.8, 4) is 0 Å². The minimum atomic E-state index is 0.0744. The number of hydrogen-bond acceptors (Lipinski definition) is 2. The molecule has 1 aromatic rings. The Balaban J connectivity index is 1.95. The minimum absolute atomic E-state index is 0.0744. The fraction of sp³-hybridized carbons (Fsp3) is 0.500. The van der Waals surface area contributed by atoms with Crippen LogP contribution in [-0.2, 0) is 4.79 Å². The van der Waals surface area contributed by atoms with Crippen LogP contribution in [-0.4, -0.2) is 18.3 Å². The topological polar surface area (TPSA) is 56.2 Å². The van der Waals surface area contributed by atoms with Gasteiger partial charge in [-0.15, -0.1) is 0 Å². The third-order valence-electron chi connectivity index (χ3n) is 3.59. The molecule has 0 aliphatic carbocycles. The molecule has 0 saturated carbocycles. The molecule has 1 aliphatic heterocycles. The maximum atomic E-state index is 11.7. The van der Waals surface area contributed by atoms with E-state index in [2.05, 4.69) is 12.2 Å². The number of benzene rings is 1. The zero-order chi connectivity index (χ0) is 14.4. The lowest BCUT2D eigenvalue weighted by molar-refractivity contribution is -0.116. The Labute approximate surface area is 120 Å². The summed E-state index contributed by atoms with van der Waals surface area (Å²) in [7, 11) is 0. The predicted octanol–water partition coefficient (Wildman–Crippen LogP) is 3.78. The van der Waals surface area contributed by atoms with Gasteiger partial charge in [-0.2, -0.15) is 0 Å². The summed E-state index contributed by atoms with van der Waals surface area (Å²) in [6, 6.07) is 7.80. The average molecular weight is 273 g/mol. The molecule has 1 fully saturated rings. The number of rotatable bonds is 5. The van der Waals surface area contributed by atoms with Crippen LogP contribution in [0, 0.1) is 5.41 Å². The fourth-order valence-electron chi connectivity index (χ4n) is 2.40. The average Bonchev–Trinajstić information content (AvgIpc) is 2.47. The Kier molecular flexibility index (Phi) is 5.16. The zero-order valence-corrected chi connectivity index (χ0v) is 12.1. The quantitative estimate of drug-likeness (QED) is 0.857. The Hall–Kier alpha value is -1.84. The van der Waals surface area contributed by atoms with Crippen LogP contribution in [0.3, 0.4) is 0 Å². The van der Waals surface area contributed by atoms with E-state index in [1.807, 2.05) is 29.2 Å². The summed E-state index contributed by atoms with van der Waals surface area (Å²) in [5, 5.41) is 10.9. The second-order valence-electron chi connectivity index (χ2n) is 5.25. The number of carbonyl (C=O) groups is 1. The Morgan fingerprint density at radius 2 is 2.05 bits per heavy atom. The molecule has 2 N–H and O–H groups in total. The minimum Gasteiger partial charge on any atom is -0.330 e. The summed E-state index contributed by atoms with van der Waals surface area (Å²) in [6.45, 7) is 3.00. The molecule has 108 valence electrons. The third-order valence-corrected chi connectivity index (χ3v) is 3.59. The van der Waals surface area contributed by atoms with Crippen molar-refractivity contribution in [2.45, 2.75) is 45.4 Å². The van der Waals surface area contributed by atoms with Gasteiger partial charge in [0.05, 0.1) is 0 Å². The largest absolute Gasteiger partial charge is 0.330 e. The zero-order valence-electron chi connectivity index (χ0n) is 12.1. The molecule has 1 saturated heterocycles. The first-order valence-electron chi connectivity index (χ1n) is 7.45. The normalized spacial score (nSPS) is 15.2. The number of amides is 1. The SMILES string of the molecule is CCCCC(=O)Nc1ccc(N2CCCCC2=N)cc1. The van der Waals surface area contributed by atoms with Crippen LogP contribution in [0.1, 0.15) is 45.4 Å². The van der Waals surface area contributed by atoms with Gasteiger partial charge in [0.25, 0.3) is 0 Å². The molecule has 0 atom stereocenters. The molecule has 4 heteroatoms. The van der Waals surface area contributed by atoms with Crippen molar-refractivity contribution in [3.63, 3.8) is 0 Å². The number of amidine groups is 1. The lowest BCUT2D eigenvalue weighted by Gasteiger charge is -2.29. The first-order valence-corrected chi connectivity index (χ1v) is 7.45. The van der Waals surface area contributed by atoms with Crippen LogP contribution in [0.2, 0.25) is 0 Å². The summed E-state index contributed by atoms with van der Waals surface area (Å²) in [5.41, 5.74) is 1.87. The highest BCUT2D eigenvalue weighted by atomic mass is 16.1. The molecule has 0 radical (unpaired) electrons. The highest BCUT2D eigenvalue weighted by Gasteiger charge is 2.16. The smallest absolute Gasteiger partial charge is 0.224 e. The number of nitrogens with zero attached hydrogens (tertiary/aromatic N) is 1. The molecule has 1 amide bonds. The molecule has 0 unspecified atom stereocenters. The number of hydrogen-bond donors (Lipinski definition) is 2. The van der Waals surface area contributed by atoms with E-state index in [1.165, 1.54) is 0 Å². The second kappa shape index (κ2) is 7.08. The van der Waals surface area contributed by atoms with Gasteiger partial charge < -0.3 is 10.2 Å². The van der Waals surface area contributed by atoms with Crippen molar-refractivity contribution in [3.05, 3.63) is 24.3 Å². The standard InChI is InChI=1S/C16H23N3O/c1-2-3-7-16(20)18-13-8-10-14(11-9-13)19-12-5-4-6-15(19)17/h8-11,17H,2-7,12H2,1H3,(H,18,20). The Morgan fingerprint density at radius 1 is 1.30 bits per heavy atom. The number of piperidine rings is 1. The molecule has 20 heavy (non-hydrogen) atoms. The van der Waals surface area contributed by atoms with Crippen molar-refractivity contribution in [1.29, 1.82) is 5.41 Å². The second-order valence-corrected chi connectivity index (χ2v) is 5.25. The summed E-state index contributed by atoms with van der Waals surface area (Å²) in [6.07, 6.45) is 5.64. The van der Waals surface area contributed by atoms with Crippen LogP contribution >= 0.6 is 0 Å². The van der Waals surface area contributed by atoms with Gasteiger partial charge in [0.1, 0.15) is 5.84 Å². The Morgan fingerprint density at radius 3 is 2.70 bits per heavy atom. The number of unbranched alkanes of at least 4 members (excludes halogenated alkanes) is 1. The van der Waals surface area contributed by atoms with Gasteiger partial charge in [0, 0.05) is 30.8 Å². The van der Waals surface area contributed by atoms with Gasteiger partial charge in [-0.1, -0.05) is 13.3 Å². The monoisotopic (exact) mass is 273 g/mol. The van der Waals surface area contributed by atoms with Gasteiger partial charge in [0.2, 0.25) is 5.91 Å². The van der Waals surface area contributed by atoms with Crippen molar-refractivity contribution in [2.24, 2.45) is 0 Å². The third kappa shape index (κ3) is 3.83. The molecular formula is C16H23N3O. The van der Waals surface area contributed by atoms with Crippen molar-refractivity contribution >= 4 is 23.1 Å². The molecule has 2 rings (SSSR count). The first-order chi connectivity index (χ1) is 9.70. The van der Waals surface area contributed by atoms with E-state index in [9.17, 15) is 4.79 Å². The molecule has 0 spiro atoms. The highest BCUT2D eigenvalue weighted by molar-refractivity contribution is 5.96. The van der Waals surface area contributed by atoms with E-state index in [4.69, 9.17) is 5.41 Å². The molecule has 4 nitrogen and oxygen atoms in total. The van der Waals surface area contributed by atoms with Crippen LogP contribution in [0.4, 0.5) is 11.4 Å². The summed E-state index contributed by atoms with van der Waals surface area (Å²) in [5.74, 6) is 0.765. The predicted molar refractivity (Wildman–Crippen MR) is 83.5 cm³/mol. The van der Waals surface area contributed by atoms with Crippen LogP contribution in [0.25, 0.3) is 0 Å². The first kappa shape index (κ1) is 14.6. The molecule has 0 bridgehead atoms. The maximum Gasteiger partial charge on any atom is 0.224 e. The maximum absolute atomic E-state index is 11.7. The van der Waals surface area contributed by atoms with Crippen molar-refractivity contribution in [1.82, 2.24) is 0 Å². The molecular weight excluding hydrogens is 250 g/mol. The lowest BCUT2D eigenvalue weighted by Crippen LogP contribution is -2.34. The van der Waals surface area contributed by atoms with E-state index < -0.39 is 0 Å². The number of carbonyl (C=O) groups excluding carboxylic acids is 1. The van der Waals surface area contributed by atoms with Crippen LogP contribution in [0.5, 0.6) is 0 Å². The van der Waals surface area contributed by atoms with E-state index in [1.54, 1.807) is 0 Å². The van der Waals surface area contributed by atoms with E-state index in [0.29, 0.717) is 12.3 Å². The number of nitrogens with one attached hydrogen (secondary N) is 2. The van der Waals surface area contributed by atoms with Gasteiger partial charge in [-0.25, -0.2) is 0 Å². The van der Waals surface area contributed by atoms with Crippen molar-refractivity contribution in [2.75, 3.05) is 16.8 Å². The summed E-state index contributed by atoms with van der Waals surface area (Å²) >= 11 is 0. The van der Waals surface area contributed by atoms with Crippen LogP contribution < -0.4 is 10.2 Å². The highest BCUT2D eigenvalue weighted by Crippen LogP contribution is 2.22. The Bertz CT molecular complexity index is 467. The molecule has 1 aromatic carbocycles. The van der Waals surface area contributed by atoms with Gasteiger partial charge in [-0.3, -0.25) is 10.2 Å². The van der Waals surface area contributed by atoms with Gasteiger partial charge in [0.15, 0.2) is 0 Å². The van der Waals surface area contributed by atoms with E-state index >= 15 is 0 Å². The molecule has 1 aliphatic rings. The lowest BCUT2D eigenvalue weighted by atomic mass is 10.1. The fourth-order valence-corrected chi connectivity index (χ4v) is 2.40. The van der Waals surface area contributed by atoms with Crippen molar-refractivity contribution < 1.29 is 4.79 Å².